The normalized spacial score (nSPS) is 10.3. The van der Waals surface area contributed by atoms with Crippen LogP contribution in [0.25, 0.3) is 0 Å². The molecule has 0 radical (unpaired) electrons. The van der Waals surface area contributed by atoms with E-state index in [1.54, 1.807) is 0 Å². The van der Waals surface area contributed by atoms with Crippen LogP contribution in [0.2, 0.25) is 0 Å². The number of ketones is 1. The highest BCUT2D eigenvalue weighted by atomic mass is 32.1. The molecule has 0 aliphatic heterocycles. The highest BCUT2D eigenvalue weighted by Gasteiger charge is 2.11. The Kier molecular flexibility index (Phi) is 2.60. The van der Waals surface area contributed by atoms with E-state index in [1.165, 1.54) is 11.8 Å². The van der Waals surface area contributed by atoms with Crippen LogP contribution in [-0.4, -0.2) is 15.4 Å². The van der Waals surface area contributed by atoms with Crippen LogP contribution in [0.3, 0.4) is 0 Å². The fourth-order valence-corrected chi connectivity index (χ4v) is 1.77. The highest BCUT2D eigenvalue weighted by molar-refractivity contribution is 7.08. The molecule has 0 fully saturated rings. The SMILES string of the molecule is Cc1ccc(C(=O)c2cnns2)cc1C. The van der Waals surface area contributed by atoms with E-state index in [0.717, 1.165) is 17.1 Å². The topological polar surface area (TPSA) is 42.9 Å². The van der Waals surface area contributed by atoms with Gasteiger partial charge in [-0.3, -0.25) is 4.79 Å². The summed E-state index contributed by atoms with van der Waals surface area (Å²) >= 11 is 1.13. The van der Waals surface area contributed by atoms with Crippen molar-refractivity contribution in [2.24, 2.45) is 0 Å². The fourth-order valence-electron chi connectivity index (χ4n) is 1.29. The van der Waals surface area contributed by atoms with Crippen molar-refractivity contribution in [3.63, 3.8) is 0 Å². The summed E-state index contributed by atoms with van der Waals surface area (Å²) in [6.07, 6.45) is 1.50. The monoisotopic (exact) mass is 218 g/mol. The predicted molar refractivity (Wildman–Crippen MR) is 59.3 cm³/mol. The van der Waals surface area contributed by atoms with E-state index in [-0.39, 0.29) is 5.78 Å². The van der Waals surface area contributed by atoms with E-state index in [2.05, 4.69) is 9.59 Å². The van der Waals surface area contributed by atoms with Gasteiger partial charge in [-0.1, -0.05) is 16.6 Å². The quantitative estimate of drug-likeness (QED) is 0.727. The summed E-state index contributed by atoms with van der Waals surface area (Å²) in [5, 5.41) is 3.66. The van der Waals surface area contributed by atoms with Crippen molar-refractivity contribution in [1.82, 2.24) is 9.59 Å². The fraction of sp³-hybridized carbons (Fsp3) is 0.182. The van der Waals surface area contributed by atoms with Gasteiger partial charge in [-0.05, 0) is 42.6 Å². The molecule has 0 unspecified atom stereocenters. The maximum Gasteiger partial charge on any atom is 0.206 e. The third-order valence-corrected chi connectivity index (χ3v) is 3.02. The number of hydrogen-bond acceptors (Lipinski definition) is 4. The van der Waals surface area contributed by atoms with Gasteiger partial charge in [0.2, 0.25) is 5.78 Å². The Morgan fingerprint density at radius 2 is 2.07 bits per heavy atom. The molecule has 1 aromatic carbocycles. The zero-order valence-corrected chi connectivity index (χ0v) is 9.34. The van der Waals surface area contributed by atoms with Crippen LogP contribution in [0.4, 0.5) is 0 Å². The first-order chi connectivity index (χ1) is 7.18. The minimum absolute atomic E-state index is 0.00639. The number of aryl methyl sites for hydroxylation is 2. The zero-order valence-electron chi connectivity index (χ0n) is 8.52. The van der Waals surface area contributed by atoms with Crippen LogP contribution in [0, 0.1) is 13.8 Å². The predicted octanol–water partition coefficient (Wildman–Crippen LogP) is 2.39. The van der Waals surface area contributed by atoms with Gasteiger partial charge >= 0.3 is 0 Å². The Morgan fingerprint density at radius 1 is 1.27 bits per heavy atom. The molecular weight excluding hydrogens is 208 g/mol. The number of benzene rings is 1. The number of aromatic nitrogens is 2. The summed E-state index contributed by atoms with van der Waals surface area (Å²) in [5.74, 6) is -0.00639. The van der Waals surface area contributed by atoms with E-state index in [0.29, 0.717) is 10.4 Å². The van der Waals surface area contributed by atoms with E-state index >= 15 is 0 Å². The Labute approximate surface area is 91.9 Å². The van der Waals surface area contributed by atoms with E-state index in [4.69, 9.17) is 0 Å². The smallest absolute Gasteiger partial charge is 0.206 e. The molecule has 0 atom stereocenters. The molecule has 0 N–H and O–H groups in total. The van der Waals surface area contributed by atoms with Gasteiger partial charge in [0.05, 0.1) is 6.20 Å². The lowest BCUT2D eigenvalue weighted by Crippen LogP contribution is -1.99. The minimum Gasteiger partial charge on any atom is -0.288 e. The Balaban J connectivity index is 2.39. The van der Waals surface area contributed by atoms with Crippen molar-refractivity contribution in [3.05, 3.63) is 46.0 Å². The largest absolute Gasteiger partial charge is 0.288 e. The average molecular weight is 218 g/mol. The van der Waals surface area contributed by atoms with Crippen LogP contribution in [0.1, 0.15) is 26.4 Å². The van der Waals surface area contributed by atoms with Crippen molar-refractivity contribution in [2.75, 3.05) is 0 Å². The van der Waals surface area contributed by atoms with Gasteiger partial charge in [0.25, 0.3) is 0 Å². The Morgan fingerprint density at radius 3 is 2.67 bits per heavy atom. The Hall–Kier alpha value is -1.55. The molecule has 0 saturated carbocycles. The number of carbonyl (C=O) groups is 1. The molecule has 3 nitrogen and oxygen atoms in total. The second-order valence-corrected chi connectivity index (χ2v) is 4.20. The number of nitrogens with zero attached hydrogens (tertiary/aromatic N) is 2. The zero-order chi connectivity index (χ0) is 10.8. The molecule has 15 heavy (non-hydrogen) atoms. The van der Waals surface area contributed by atoms with Crippen molar-refractivity contribution >= 4 is 17.3 Å². The molecular formula is C11H10N2OS. The molecule has 1 heterocycles. The van der Waals surface area contributed by atoms with Crippen LogP contribution in [0.5, 0.6) is 0 Å². The van der Waals surface area contributed by atoms with Crippen LogP contribution in [0.15, 0.2) is 24.4 Å². The standard InChI is InChI=1S/C11H10N2OS/c1-7-3-4-9(5-8(7)2)11(14)10-6-12-13-15-10/h3-6H,1-2H3. The second-order valence-electron chi connectivity index (χ2n) is 3.41. The molecule has 76 valence electrons. The van der Waals surface area contributed by atoms with Gasteiger partial charge in [-0.15, -0.1) is 5.10 Å². The summed E-state index contributed by atoms with van der Waals surface area (Å²) in [7, 11) is 0. The number of hydrogen-bond donors (Lipinski definition) is 0. The molecule has 2 aromatic rings. The van der Waals surface area contributed by atoms with Gasteiger partial charge in [0.1, 0.15) is 4.88 Å². The lowest BCUT2D eigenvalue weighted by Gasteiger charge is -2.02. The van der Waals surface area contributed by atoms with Crippen LogP contribution >= 0.6 is 11.5 Å². The minimum atomic E-state index is -0.00639. The molecule has 1 aromatic heterocycles. The average Bonchev–Trinajstić information content (AvgIpc) is 2.74. The van der Waals surface area contributed by atoms with Crippen molar-refractivity contribution < 1.29 is 4.79 Å². The van der Waals surface area contributed by atoms with Gasteiger partial charge in [-0.25, -0.2) is 0 Å². The maximum absolute atomic E-state index is 11.9. The number of rotatable bonds is 2. The molecule has 0 bridgehead atoms. The highest BCUT2D eigenvalue weighted by Crippen LogP contribution is 2.15. The summed E-state index contributed by atoms with van der Waals surface area (Å²) < 4.78 is 3.68. The third-order valence-electron chi connectivity index (χ3n) is 2.35. The summed E-state index contributed by atoms with van der Waals surface area (Å²) in [5.41, 5.74) is 3.01. The van der Waals surface area contributed by atoms with Crippen molar-refractivity contribution in [2.45, 2.75) is 13.8 Å². The first-order valence-corrected chi connectivity index (χ1v) is 5.35. The van der Waals surface area contributed by atoms with E-state index in [1.807, 2.05) is 32.0 Å². The molecule has 2 rings (SSSR count). The maximum atomic E-state index is 11.9. The Bertz CT molecular complexity index is 491. The summed E-state index contributed by atoms with van der Waals surface area (Å²) in [6, 6.07) is 5.69. The number of carbonyl (C=O) groups excluding carboxylic acids is 1. The lowest BCUT2D eigenvalue weighted by atomic mass is 10.0. The third kappa shape index (κ3) is 1.94. The van der Waals surface area contributed by atoms with E-state index in [9.17, 15) is 4.79 Å². The molecule has 0 amide bonds. The van der Waals surface area contributed by atoms with Gasteiger partial charge in [0.15, 0.2) is 0 Å². The van der Waals surface area contributed by atoms with Gasteiger partial charge in [0, 0.05) is 5.56 Å². The molecule has 0 saturated heterocycles. The first-order valence-electron chi connectivity index (χ1n) is 4.58. The first kappa shape index (κ1) is 9.98. The van der Waals surface area contributed by atoms with Gasteiger partial charge < -0.3 is 0 Å². The van der Waals surface area contributed by atoms with Crippen molar-refractivity contribution in [1.29, 1.82) is 0 Å². The summed E-state index contributed by atoms with van der Waals surface area (Å²) in [4.78, 5) is 12.5. The molecule has 0 aliphatic rings. The van der Waals surface area contributed by atoms with Crippen LogP contribution in [-0.2, 0) is 0 Å². The second kappa shape index (κ2) is 3.90. The summed E-state index contributed by atoms with van der Waals surface area (Å²) in [6.45, 7) is 4.02. The molecule has 0 aliphatic carbocycles. The van der Waals surface area contributed by atoms with E-state index < -0.39 is 0 Å². The van der Waals surface area contributed by atoms with Gasteiger partial charge in [-0.2, -0.15) is 0 Å². The van der Waals surface area contributed by atoms with Crippen LogP contribution < -0.4 is 0 Å². The molecule has 0 spiro atoms. The van der Waals surface area contributed by atoms with Crippen molar-refractivity contribution in [3.8, 4) is 0 Å². The lowest BCUT2D eigenvalue weighted by molar-refractivity contribution is 0.104. The molecule has 4 heteroatoms.